The second-order valence-electron chi connectivity index (χ2n) is 7.56. The van der Waals surface area contributed by atoms with Crippen molar-refractivity contribution in [3.8, 4) is 11.5 Å². The summed E-state index contributed by atoms with van der Waals surface area (Å²) in [6, 6.07) is 15.8. The van der Waals surface area contributed by atoms with Crippen molar-refractivity contribution in [3.05, 3.63) is 71.8 Å². The highest BCUT2D eigenvalue weighted by molar-refractivity contribution is 7.99. The number of hydrogen-bond acceptors (Lipinski definition) is 6. The van der Waals surface area contributed by atoms with Crippen molar-refractivity contribution >= 4 is 34.4 Å². The zero-order valence-corrected chi connectivity index (χ0v) is 18.6. The number of rotatable bonds is 6. The Bertz CT molecular complexity index is 1180. The molecule has 1 N–H and O–H groups in total. The third kappa shape index (κ3) is 5.93. The maximum atomic E-state index is 12.8. The van der Waals surface area contributed by atoms with Crippen molar-refractivity contribution in [1.29, 1.82) is 0 Å². The summed E-state index contributed by atoms with van der Waals surface area (Å²) in [7, 11) is 0. The molecule has 3 aromatic carbocycles. The van der Waals surface area contributed by atoms with Crippen LogP contribution < -0.4 is 15.0 Å². The van der Waals surface area contributed by atoms with Gasteiger partial charge in [0, 0.05) is 11.1 Å². The summed E-state index contributed by atoms with van der Waals surface area (Å²) < 4.78 is 46.9. The first-order valence-corrected chi connectivity index (χ1v) is 11.5. The Balaban J connectivity index is 1.50. The molecule has 1 unspecified atom stereocenters. The number of fused-ring (bicyclic) bond motifs is 1. The number of hydrogen-bond donors (Lipinski definition) is 1. The summed E-state index contributed by atoms with van der Waals surface area (Å²) in [5, 5.41) is 1.48. The van der Waals surface area contributed by atoms with E-state index in [1.54, 1.807) is 36.0 Å². The topological polar surface area (TPSA) is 73.9 Å². The second-order valence-corrected chi connectivity index (χ2v) is 8.71. The third-order valence-corrected chi connectivity index (χ3v) is 6.33. The van der Waals surface area contributed by atoms with Crippen molar-refractivity contribution in [1.82, 2.24) is 5.48 Å². The number of halogens is 3. The SMILES string of the molecule is O=C(NOC(=O)C1CCSC1)c1ccc2ccccc2c1OCc1ccc(OC(F)(F)F)cc1. The Hall–Kier alpha value is -3.40. The Kier molecular flexibility index (Phi) is 7.16. The molecule has 6 nitrogen and oxygen atoms in total. The zero-order chi connectivity index (χ0) is 24.1. The molecule has 1 fully saturated rings. The molecule has 1 atom stereocenters. The van der Waals surface area contributed by atoms with Crippen LogP contribution in [0.5, 0.6) is 11.5 Å². The van der Waals surface area contributed by atoms with Gasteiger partial charge in [0.05, 0.1) is 11.5 Å². The lowest BCUT2D eigenvalue weighted by atomic mass is 10.0. The van der Waals surface area contributed by atoms with E-state index in [4.69, 9.17) is 9.57 Å². The van der Waals surface area contributed by atoms with E-state index in [0.717, 1.165) is 11.1 Å². The minimum atomic E-state index is -4.77. The Morgan fingerprint density at radius 2 is 1.79 bits per heavy atom. The molecule has 3 aromatic rings. The summed E-state index contributed by atoms with van der Waals surface area (Å²) >= 11 is 1.66. The van der Waals surface area contributed by atoms with Crippen LogP contribution in [0.2, 0.25) is 0 Å². The molecule has 0 saturated carbocycles. The average Bonchev–Trinajstić information content (AvgIpc) is 3.36. The van der Waals surface area contributed by atoms with Crippen LogP contribution in [0.3, 0.4) is 0 Å². The van der Waals surface area contributed by atoms with E-state index in [9.17, 15) is 22.8 Å². The molecule has 0 bridgehead atoms. The maximum absolute atomic E-state index is 12.8. The standard InChI is InChI=1S/C24H20F3NO5S/c25-24(26,27)32-18-8-5-15(6-9-18)13-31-21-19-4-2-1-3-16(19)7-10-20(21)22(29)28-33-23(30)17-11-12-34-14-17/h1-10,17H,11-14H2,(H,28,29). The number of thioether (sulfide) groups is 1. The monoisotopic (exact) mass is 491 g/mol. The molecule has 4 rings (SSSR count). The van der Waals surface area contributed by atoms with Crippen LogP contribution in [0.1, 0.15) is 22.3 Å². The van der Waals surface area contributed by atoms with Gasteiger partial charge in [-0.1, -0.05) is 42.5 Å². The minimum Gasteiger partial charge on any atom is -0.487 e. The molecule has 10 heteroatoms. The highest BCUT2D eigenvalue weighted by Gasteiger charge is 2.31. The fraction of sp³-hybridized carbons (Fsp3) is 0.250. The van der Waals surface area contributed by atoms with Gasteiger partial charge in [-0.2, -0.15) is 17.2 Å². The van der Waals surface area contributed by atoms with Gasteiger partial charge in [0.1, 0.15) is 18.1 Å². The molecular weight excluding hydrogens is 471 g/mol. The highest BCUT2D eigenvalue weighted by atomic mass is 32.2. The van der Waals surface area contributed by atoms with Crippen molar-refractivity contribution in [2.75, 3.05) is 11.5 Å². The van der Waals surface area contributed by atoms with Crippen LogP contribution in [0.15, 0.2) is 60.7 Å². The molecule has 178 valence electrons. The van der Waals surface area contributed by atoms with E-state index in [0.29, 0.717) is 23.1 Å². The second kappa shape index (κ2) is 10.3. The van der Waals surface area contributed by atoms with Gasteiger partial charge < -0.3 is 14.3 Å². The van der Waals surface area contributed by atoms with Crippen LogP contribution in [-0.2, 0) is 16.2 Å². The first-order valence-electron chi connectivity index (χ1n) is 10.4. The van der Waals surface area contributed by atoms with Gasteiger partial charge in [0.25, 0.3) is 5.91 Å². The third-order valence-electron chi connectivity index (χ3n) is 5.17. The van der Waals surface area contributed by atoms with Gasteiger partial charge in [-0.05, 0) is 41.3 Å². The number of benzene rings is 3. The van der Waals surface area contributed by atoms with Crippen LogP contribution in [-0.4, -0.2) is 29.7 Å². The number of carbonyl (C=O) groups excluding carboxylic acids is 2. The molecular formula is C24H20F3NO5S. The van der Waals surface area contributed by atoms with E-state index in [1.165, 1.54) is 24.3 Å². The van der Waals surface area contributed by atoms with E-state index in [2.05, 4.69) is 10.2 Å². The molecule has 1 heterocycles. The van der Waals surface area contributed by atoms with Gasteiger partial charge in [-0.25, -0.2) is 4.79 Å². The van der Waals surface area contributed by atoms with Crippen molar-refractivity contribution in [2.45, 2.75) is 19.4 Å². The largest absolute Gasteiger partial charge is 0.573 e. The number of nitrogens with one attached hydrogen (secondary N) is 1. The average molecular weight is 491 g/mol. The summed E-state index contributed by atoms with van der Waals surface area (Å²) in [4.78, 5) is 30.0. The first-order chi connectivity index (χ1) is 16.3. The minimum absolute atomic E-state index is 0.0142. The molecule has 1 aliphatic heterocycles. The van der Waals surface area contributed by atoms with Crippen LogP contribution >= 0.6 is 11.8 Å². The predicted molar refractivity (Wildman–Crippen MR) is 120 cm³/mol. The Morgan fingerprint density at radius 1 is 1.03 bits per heavy atom. The molecule has 34 heavy (non-hydrogen) atoms. The van der Waals surface area contributed by atoms with Gasteiger partial charge in [-0.3, -0.25) is 4.79 Å². The van der Waals surface area contributed by atoms with E-state index < -0.39 is 18.2 Å². The normalized spacial score (nSPS) is 15.7. The van der Waals surface area contributed by atoms with Gasteiger partial charge in [0.15, 0.2) is 0 Å². The van der Waals surface area contributed by atoms with Crippen LogP contribution in [0.4, 0.5) is 13.2 Å². The smallest absolute Gasteiger partial charge is 0.487 e. The van der Waals surface area contributed by atoms with E-state index >= 15 is 0 Å². The molecule has 0 spiro atoms. The molecule has 1 saturated heterocycles. The maximum Gasteiger partial charge on any atom is 0.573 e. The zero-order valence-electron chi connectivity index (χ0n) is 17.8. The fourth-order valence-corrected chi connectivity index (χ4v) is 4.68. The van der Waals surface area contributed by atoms with Gasteiger partial charge in [0.2, 0.25) is 0 Å². The summed E-state index contributed by atoms with van der Waals surface area (Å²) in [5.74, 6) is 0.0759. The summed E-state index contributed by atoms with van der Waals surface area (Å²) in [6.07, 6.45) is -4.07. The fourth-order valence-electron chi connectivity index (χ4n) is 3.48. The Labute approximate surface area is 197 Å². The van der Waals surface area contributed by atoms with E-state index in [1.807, 2.05) is 12.1 Å². The van der Waals surface area contributed by atoms with E-state index in [-0.39, 0.29) is 29.6 Å². The molecule has 1 amide bonds. The lowest BCUT2D eigenvalue weighted by Crippen LogP contribution is -2.31. The van der Waals surface area contributed by atoms with Crippen molar-refractivity contribution < 1.29 is 37.1 Å². The first kappa shape index (κ1) is 23.7. The number of carbonyl (C=O) groups is 2. The predicted octanol–water partition coefficient (Wildman–Crippen LogP) is 5.26. The van der Waals surface area contributed by atoms with Gasteiger partial charge >= 0.3 is 12.3 Å². The number of ether oxygens (including phenoxy) is 2. The Morgan fingerprint density at radius 3 is 2.50 bits per heavy atom. The molecule has 0 aliphatic carbocycles. The molecule has 0 aromatic heterocycles. The van der Waals surface area contributed by atoms with Crippen LogP contribution in [0, 0.1) is 5.92 Å². The lowest BCUT2D eigenvalue weighted by molar-refractivity contribution is -0.274. The summed E-state index contributed by atoms with van der Waals surface area (Å²) in [5.41, 5.74) is 2.93. The molecule has 1 aliphatic rings. The number of alkyl halides is 3. The number of amides is 1. The van der Waals surface area contributed by atoms with Crippen LogP contribution in [0.25, 0.3) is 10.8 Å². The summed E-state index contributed by atoms with van der Waals surface area (Å²) in [6.45, 7) is -0.0142. The highest BCUT2D eigenvalue weighted by Crippen LogP contribution is 2.31. The van der Waals surface area contributed by atoms with Gasteiger partial charge in [-0.15, -0.1) is 13.2 Å². The number of hydroxylamine groups is 1. The lowest BCUT2D eigenvalue weighted by Gasteiger charge is -2.15. The molecule has 0 radical (unpaired) electrons. The van der Waals surface area contributed by atoms with Crippen molar-refractivity contribution in [2.24, 2.45) is 5.92 Å². The van der Waals surface area contributed by atoms with Crippen molar-refractivity contribution in [3.63, 3.8) is 0 Å². The quantitative estimate of drug-likeness (QED) is 0.475.